The Hall–Kier alpha value is -2.37. The molecule has 0 spiro atoms. The summed E-state index contributed by atoms with van der Waals surface area (Å²) in [6.45, 7) is 0. The molecule has 0 fully saturated rings. The molecule has 0 radical (unpaired) electrons. The largest absolute Gasteiger partial charge is 0.356 e. The maximum absolute atomic E-state index is 11.4. The highest BCUT2D eigenvalue weighted by atomic mass is 32.2. The number of primary sulfonamides is 1. The quantitative estimate of drug-likeness (QED) is 0.779. The second-order valence-electron chi connectivity index (χ2n) is 4.76. The van der Waals surface area contributed by atoms with Crippen LogP contribution in [0.25, 0.3) is 10.8 Å². The Labute approximate surface area is 123 Å². The third kappa shape index (κ3) is 3.04. The Bertz CT molecular complexity index is 891. The van der Waals surface area contributed by atoms with Crippen molar-refractivity contribution in [3.63, 3.8) is 0 Å². The molecule has 0 atom stereocenters. The highest BCUT2D eigenvalue weighted by Crippen LogP contribution is 2.24. The summed E-state index contributed by atoms with van der Waals surface area (Å²) in [7, 11) is -3.67. The lowest BCUT2D eigenvalue weighted by Gasteiger charge is -2.08. The van der Waals surface area contributed by atoms with Crippen LogP contribution in [-0.2, 0) is 10.0 Å². The number of rotatable bonds is 3. The maximum Gasteiger partial charge on any atom is 0.238 e. The fourth-order valence-corrected chi connectivity index (χ4v) is 2.72. The van der Waals surface area contributed by atoms with E-state index in [2.05, 4.69) is 5.32 Å². The second-order valence-corrected chi connectivity index (χ2v) is 6.32. The Morgan fingerprint density at radius 3 is 2.14 bits per heavy atom. The Morgan fingerprint density at radius 1 is 0.762 bits per heavy atom. The highest BCUT2D eigenvalue weighted by molar-refractivity contribution is 7.89. The van der Waals surface area contributed by atoms with Gasteiger partial charge in [-0.3, -0.25) is 0 Å². The van der Waals surface area contributed by atoms with Crippen LogP contribution >= 0.6 is 0 Å². The molecule has 4 nitrogen and oxygen atoms in total. The van der Waals surface area contributed by atoms with Gasteiger partial charge in [-0.05, 0) is 47.2 Å². The van der Waals surface area contributed by atoms with Crippen LogP contribution in [0.4, 0.5) is 11.4 Å². The number of benzene rings is 3. The van der Waals surface area contributed by atoms with Gasteiger partial charge >= 0.3 is 0 Å². The van der Waals surface area contributed by atoms with Crippen LogP contribution in [-0.4, -0.2) is 8.42 Å². The fraction of sp³-hybridized carbons (Fsp3) is 0. The van der Waals surface area contributed by atoms with Gasteiger partial charge in [-0.2, -0.15) is 0 Å². The van der Waals surface area contributed by atoms with E-state index in [0.29, 0.717) is 0 Å². The van der Waals surface area contributed by atoms with Crippen LogP contribution in [0.2, 0.25) is 0 Å². The number of nitrogens with two attached hydrogens (primary N) is 1. The molecule has 106 valence electrons. The number of fused-ring (bicyclic) bond motifs is 1. The molecule has 0 aliphatic rings. The molecule has 21 heavy (non-hydrogen) atoms. The predicted molar refractivity (Wildman–Crippen MR) is 85.0 cm³/mol. The average molecular weight is 298 g/mol. The van der Waals surface area contributed by atoms with Gasteiger partial charge in [0.25, 0.3) is 0 Å². The standard InChI is InChI=1S/C16H14N2O2S/c17-21(19,20)16-9-7-12-10-15(8-6-13(12)11-16)18-14-4-2-1-3-5-14/h1-11,18H,(H2,17,19,20). The zero-order chi connectivity index (χ0) is 14.9. The molecule has 3 aromatic rings. The van der Waals surface area contributed by atoms with Gasteiger partial charge in [0, 0.05) is 11.4 Å². The summed E-state index contributed by atoms with van der Waals surface area (Å²) in [5.41, 5.74) is 1.94. The van der Waals surface area contributed by atoms with Crippen molar-refractivity contribution in [1.82, 2.24) is 0 Å². The number of hydrogen-bond acceptors (Lipinski definition) is 3. The van der Waals surface area contributed by atoms with E-state index in [4.69, 9.17) is 5.14 Å². The molecule has 0 aromatic heterocycles. The van der Waals surface area contributed by atoms with Crippen molar-refractivity contribution < 1.29 is 8.42 Å². The topological polar surface area (TPSA) is 72.2 Å². The molecule has 3 rings (SSSR count). The van der Waals surface area contributed by atoms with E-state index in [0.717, 1.165) is 22.1 Å². The van der Waals surface area contributed by atoms with Crippen molar-refractivity contribution in [1.29, 1.82) is 0 Å². The van der Waals surface area contributed by atoms with E-state index in [1.807, 2.05) is 48.5 Å². The van der Waals surface area contributed by atoms with Crippen LogP contribution in [0.1, 0.15) is 0 Å². The number of para-hydroxylation sites is 1. The van der Waals surface area contributed by atoms with E-state index >= 15 is 0 Å². The smallest absolute Gasteiger partial charge is 0.238 e. The normalized spacial score (nSPS) is 11.5. The molecule has 0 bridgehead atoms. The molecule has 3 aromatic carbocycles. The third-order valence-electron chi connectivity index (χ3n) is 3.20. The minimum absolute atomic E-state index is 0.124. The zero-order valence-electron chi connectivity index (χ0n) is 11.2. The maximum atomic E-state index is 11.4. The molecule has 0 saturated carbocycles. The van der Waals surface area contributed by atoms with Crippen molar-refractivity contribution in [2.75, 3.05) is 5.32 Å². The van der Waals surface area contributed by atoms with Crippen LogP contribution in [0.15, 0.2) is 71.6 Å². The van der Waals surface area contributed by atoms with Crippen LogP contribution in [0, 0.1) is 0 Å². The third-order valence-corrected chi connectivity index (χ3v) is 4.11. The first-order chi connectivity index (χ1) is 10.0. The summed E-state index contributed by atoms with van der Waals surface area (Å²) in [6.07, 6.45) is 0. The van der Waals surface area contributed by atoms with Crippen molar-refractivity contribution >= 4 is 32.2 Å². The number of nitrogens with one attached hydrogen (secondary N) is 1. The number of anilines is 2. The second kappa shape index (κ2) is 5.20. The summed E-state index contributed by atoms with van der Waals surface area (Å²) >= 11 is 0. The SMILES string of the molecule is NS(=O)(=O)c1ccc2cc(Nc3ccccc3)ccc2c1. The number of sulfonamides is 1. The molecule has 0 saturated heterocycles. The van der Waals surface area contributed by atoms with Gasteiger partial charge < -0.3 is 5.32 Å². The van der Waals surface area contributed by atoms with E-state index < -0.39 is 10.0 Å². The van der Waals surface area contributed by atoms with Crippen molar-refractivity contribution in [3.05, 3.63) is 66.7 Å². The molecule has 0 aliphatic carbocycles. The molecule has 3 N–H and O–H groups in total. The lowest BCUT2D eigenvalue weighted by Crippen LogP contribution is -2.11. The van der Waals surface area contributed by atoms with Crippen LogP contribution < -0.4 is 10.5 Å². The van der Waals surface area contributed by atoms with Crippen LogP contribution in [0.5, 0.6) is 0 Å². The Kier molecular flexibility index (Phi) is 3.37. The van der Waals surface area contributed by atoms with Gasteiger partial charge in [0.2, 0.25) is 10.0 Å². The van der Waals surface area contributed by atoms with Gasteiger partial charge in [0.05, 0.1) is 4.90 Å². The fourth-order valence-electron chi connectivity index (χ4n) is 2.17. The minimum Gasteiger partial charge on any atom is -0.356 e. The van der Waals surface area contributed by atoms with Crippen LogP contribution in [0.3, 0.4) is 0 Å². The number of hydrogen-bond donors (Lipinski definition) is 2. The summed E-state index contributed by atoms with van der Waals surface area (Å²) in [6, 6.07) is 20.4. The van der Waals surface area contributed by atoms with E-state index in [-0.39, 0.29) is 4.90 Å². The highest BCUT2D eigenvalue weighted by Gasteiger charge is 2.08. The molecule has 0 heterocycles. The van der Waals surface area contributed by atoms with E-state index in [1.54, 1.807) is 12.1 Å². The molecule has 0 amide bonds. The summed E-state index contributed by atoms with van der Waals surface area (Å²) in [4.78, 5) is 0.124. The van der Waals surface area contributed by atoms with Gasteiger partial charge in [-0.25, -0.2) is 13.6 Å². The lowest BCUT2D eigenvalue weighted by molar-refractivity contribution is 0.598. The van der Waals surface area contributed by atoms with Crippen molar-refractivity contribution in [2.45, 2.75) is 4.90 Å². The zero-order valence-corrected chi connectivity index (χ0v) is 12.0. The summed E-state index contributed by atoms with van der Waals surface area (Å²) in [5.74, 6) is 0. The van der Waals surface area contributed by atoms with Gasteiger partial charge in [-0.1, -0.05) is 30.3 Å². The Morgan fingerprint density at radius 2 is 1.43 bits per heavy atom. The van der Waals surface area contributed by atoms with Crippen molar-refractivity contribution in [3.8, 4) is 0 Å². The van der Waals surface area contributed by atoms with Gasteiger partial charge in [0.15, 0.2) is 0 Å². The summed E-state index contributed by atoms with van der Waals surface area (Å²) in [5, 5.41) is 10.2. The van der Waals surface area contributed by atoms with E-state index in [1.165, 1.54) is 6.07 Å². The first-order valence-corrected chi connectivity index (χ1v) is 7.96. The van der Waals surface area contributed by atoms with E-state index in [9.17, 15) is 8.42 Å². The molecular weight excluding hydrogens is 284 g/mol. The minimum atomic E-state index is -3.67. The Balaban J connectivity index is 1.98. The van der Waals surface area contributed by atoms with Crippen molar-refractivity contribution in [2.24, 2.45) is 5.14 Å². The monoisotopic (exact) mass is 298 g/mol. The van der Waals surface area contributed by atoms with Gasteiger partial charge in [-0.15, -0.1) is 0 Å². The summed E-state index contributed by atoms with van der Waals surface area (Å²) < 4.78 is 22.7. The lowest BCUT2D eigenvalue weighted by atomic mass is 10.1. The predicted octanol–water partition coefficient (Wildman–Crippen LogP) is 3.23. The average Bonchev–Trinajstić information content (AvgIpc) is 2.47. The molecule has 0 aliphatic heterocycles. The molecule has 5 heteroatoms. The first kappa shape index (κ1) is 13.6. The molecular formula is C16H14N2O2S. The molecule has 0 unspecified atom stereocenters. The first-order valence-electron chi connectivity index (χ1n) is 6.41. The van der Waals surface area contributed by atoms with Gasteiger partial charge in [0.1, 0.15) is 0 Å².